The van der Waals surface area contributed by atoms with Gasteiger partial charge in [0.1, 0.15) is 0 Å². The van der Waals surface area contributed by atoms with Crippen molar-refractivity contribution >= 4 is 5.91 Å². The summed E-state index contributed by atoms with van der Waals surface area (Å²) in [6.45, 7) is 6.00. The lowest BCUT2D eigenvalue weighted by Crippen LogP contribution is -2.38. The van der Waals surface area contributed by atoms with E-state index in [1.165, 1.54) is 19.3 Å². The van der Waals surface area contributed by atoms with Crippen LogP contribution < -0.4 is 10.6 Å². The molecule has 2 unspecified atom stereocenters. The second-order valence-electron chi connectivity index (χ2n) is 6.45. The lowest BCUT2D eigenvalue weighted by atomic mass is 9.80. The highest BCUT2D eigenvalue weighted by Crippen LogP contribution is 2.28. The molecule has 1 heterocycles. The summed E-state index contributed by atoms with van der Waals surface area (Å²) in [6, 6.07) is 4.42. The number of rotatable bonds is 6. The standard InChI is InChI=1S/C17H27N3O/c1-13-9-14(2)11-16(10-13)19-8-5-17(21)20-12-15-3-6-18-7-4-15/h3-4,6-7,13-14,16,19H,5,8-12H2,1-2H3,(H,20,21). The Morgan fingerprint density at radius 1 is 1.19 bits per heavy atom. The van der Waals surface area contributed by atoms with Crippen LogP contribution in [0.2, 0.25) is 0 Å². The lowest BCUT2D eigenvalue weighted by Gasteiger charge is -2.32. The first-order valence-electron chi connectivity index (χ1n) is 8.02. The average Bonchev–Trinajstić information content (AvgIpc) is 2.45. The molecule has 1 aliphatic carbocycles. The van der Waals surface area contributed by atoms with Gasteiger partial charge in [0.15, 0.2) is 0 Å². The van der Waals surface area contributed by atoms with Crippen molar-refractivity contribution in [3.63, 3.8) is 0 Å². The molecule has 1 aromatic rings. The van der Waals surface area contributed by atoms with Crippen LogP contribution in [-0.2, 0) is 11.3 Å². The molecule has 2 rings (SSSR count). The number of hydrogen-bond donors (Lipinski definition) is 2. The number of aromatic nitrogens is 1. The molecule has 1 saturated carbocycles. The number of carbonyl (C=O) groups is 1. The highest BCUT2D eigenvalue weighted by atomic mass is 16.1. The van der Waals surface area contributed by atoms with Gasteiger partial charge >= 0.3 is 0 Å². The van der Waals surface area contributed by atoms with Crippen LogP contribution >= 0.6 is 0 Å². The molecule has 4 heteroatoms. The number of nitrogens with one attached hydrogen (secondary N) is 2. The highest BCUT2D eigenvalue weighted by molar-refractivity contribution is 5.76. The predicted molar refractivity (Wildman–Crippen MR) is 84.7 cm³/mol. The largest absolute Gasteiger partial charge is 0.352 e. The third-order valence-corrected chi connectivity index (χ3v) is 4.20. The first-order chi connectivity index (χ1) is 10.1. The molecule has 21 heavy (non-hydrogen) atoms. The van der Waals surface area contributed by atoms with Gasteiger partial charge in [0.2, 0.25) is 5.91 Å². The van der Waals surface area contributed by atoms with Gasteiger partial charge in [-0.25, -0.2) is 0 Å². The van der Waals surface area contributed by atoms with Crippen LogP contribution in [0.1, 0.15) is 45.1 Å². The summed E-state index contributed by atoms with van der Waals surface area (Å²) in [5.41, 5.74) is 1.08. The molecular weight excluding hydrogens is 262 g/mol. The summed E-state index contributed by atoms with van der Waals surface area (Å²) < 4.78 is 0. The quantitative estimate of drug-likeness (QED) is 0.846. The van der Waals surface area contributed by atoms with E-state index in [1.807, 2.05) is 12.1 Å². The molecule has 1 aromatic heterocycles. The lowest BCUT2D eigenvalue weighted by molar-refractivity contribution is -0.121. The van der Waals surface area contributed by atoms with Crippen LogP contribution in [0, 0.1) is 11.8 Å². The summed E-state index contributed by atoms with van der Waals surface area (Å²) in [5, 5.41) is 6.49. The van der Waals surface area contributed by atoms with Gasteiger partial charge in [-0.1, -0.05) is 13.8 Å². The van der Waals surface area contributed by atoms with Gasteiger partial charge in [0, 0.05) is 37.9 Å². The minimum atomic E-state index is 0.108. The number of nitrogens with zero attached hydrogens (tertiary/aromatic N) is 1. The third kappa shape index (κ3) is 5.84. The summed E-state index contributed by atoms with van der Waals surface area (Å²) in [5.74, 6) is 1.70. The maximum Gasteiger partial charge on any atom is 0.221 e. The van der Waals surface area contributed by atoms with E-state index in [1.54, 1.807) is 12.4 Å². The Hall–Kier alpha value is -1.42. The fourth-order valence-electron chi connectivity index (χ4n) is 3.29. The van der Waals surface area contributed by atoms with Crippen molar-refractivity contribution in [1.82, 2.24) is 15.6 Å². The third-order valence-electron chi connectivity index (χ3n) is 4.20. The molecule has 2 atom stereocenters. The molecule has 2 N–H and O–H groups in total. The number of amides is 1. The fourth-order valence-corrected chi connectivity index (χ4v) is 3.29. The van der Waals surface area contributed by atoms with E-state index in [0.29, 0.717) is 19.0 Å². The van der Waals surface area contributed by atoms with Crippen molar-refractivity contribution in [2.75, 3.05) is 6.54 Å². The van der Waals surface area contributed by atoms with Gasteiger partial charge in [0.25, 0.3) is 0 Å². The zero-order chi connectivity index (χ0) is 15.1. The summed E-state index contributed by atoms with van der Waals surface area (Å²) >= 11 is 0. The van der Waals surface area contributed by atoms with Crippen LogP contribution in [0.5, 0.6) is 0 Å². The molecule has 4 nitrogen and oxygen atoms in total. The van der Waals surface area contributed by atoms with Gasteiger partial charge in [-0.3, -0.25) is 9.78 Å². The van der Waals surface area contributed by atoms with Gasteiger partial charge in [-0.05, 0) is 48.8 Å². The van der Waals surface area contributed by atoms with Crippen molar-refractivity contribution in [3.8, 4) is 0 Å². The molecule has 0 spiro atoms. The van der Waals surface area contributed by atoms with E-state index in [0.717, 1.165) is 23.9 Å². The van der Waals surface area contributed by atoms with Crippen LogP contribution in [0.25, 0.3) is 0 Å². The zero-order valence-electron chi connectivity index (χ0n) is 13.1. The SMILES string of the molecule is CC1CC(C)CC(NCCC(=O)NCc2ccncc2)C1. The molecule has 0 saturated heterocycles. The molecule has 0 bridgehead atoms. The minimum Gasteiger partial charge on any atom is -0.352 e. The molecular formula is C17H27N3O. The van der Waals surface area contributed by atoms with Crippen LogP contribution in [-0.4, -0.2) is 23.5 Å². The maximum absolute atomic E-state index is 11.8. The van der Waals surface area contributed by atoms with Crippen molar-refractivity contribution in [2.24, 2.45) is 11.8 Å². The van der Waals surface area contributed by atoms with Crippen molar-refractivity contribution < 1.29 is 4.79 Å². The van der Waals surface area contributed by atoms with E-state index in [-0.39, 0.29) is 5.91 Å². The summed E-state index contributed by atoms with van der Waals surface area (Å²) in [7, 11) is 0. The van der Waals surface area contributed by atoms with Crippen LogP contribution in [0.15, 0.2) is 24.5 Å². The van der Waals surface area contributed by atoms with E-state index in [4.69, 9.17) is 0 Å². The van der Waals surface area contributed by atoms with Gasteiger partial charge in [-0.2, -0.15) is 0 Å². The average molecular weight is 289 g/mol. The number of pyridine rings is 1. The molecule has 0 aromatic carbocycles. The smallest absolute Gasteiger partial charge is 0.221 e. The predicted octanol–water partition coefficient (Wildman–Crippen LogP) is 2.50. The maximum atomic E-state index is 11.8. The van der Waals surface area contributed by atoms with Crippen molar-refractivity contribution in [1.29, 1.82) is 0 Å². The van der Waals surface area contributed by atoms with Crippen LogP contribution in [0.3, 0.4) is 0 Å². The highest BCUT2D eigenvalue weighted by Gasteiger charge is 2.23. The second-order valence-corrected chi connectivity index (χ2v) is 6.45. The van der Waals surface area contributed by atoms with E-state index >= 15 is 0 Å². The Morgan fingerprint density at radius 2 is 1.86 bits per heavy atom. The molecule has 0 radical (unpaired) electrons. The minimum absolute atomic E-state index is 0.108. The van der Waals surface area contributed by atoms with E-state index < -0.39 is 0 Å². The van der Waals surface area contributed by atoms with E-state index in [9.17, 15) is 4.79 Å². The zero-order valence-corrected chi connectivity index (χ0v) is 13.1. The Kier molecular flexibility index (Phi) is 6.18. The monoisotopic (exact) mass is 289 g/mol. The van der Waals surface area contributed by atoms with Gasteiger partial charge < -0.3 is 10.6 Å². The Labute approximate surface area is 127 Å². The summed E-state index contributed by atoms with van der Waals surface area (Å²) in [4.78, 5) is 15.8. The first kappa shape index (κ1) is 16.0. The number of hydrogen-bond acceptors (Lipinski definition) is 3. The molecule has 1 amide bonds. The molecule has 116 valence electrons. The Morgan fingerprint density at radius 3 is 2.52 bits per heavy atom. The van der Waals surface area contributed by atoms with E-state index in [2.05, 4.69) is 29.5 Å². The topological polar surface area (TPSA) is 54.0 Å². The normalized spacial score (nSPS) is 25.5. The van der Waals surface area contributed by atoms with Crippen molar-refractivity contribution in [3.05, 3.63) is 30.1 Å². The van der Waals surface area contributed by atoms with Gasteiger partial charge in [0.05, 0.1) is 0 Å². The molecule has 0 aliphatic heterocycles. The van der Waals surface area contributed by atoms with Crippen LogP contribution in [0.4, 0.5) is 0 Å². The van der Waals surface area contributed by atoms with Gasteiger partial charge in [-0.15, -0.1) is 0 Å². The fraction of sp³-hybridized carbons (Fsp3) is 0.647. The summed E-state index contributed by atoms with van der Waals surface area (Å²) in [6.07, 6.45) is 7.85. The number of carbonyl (C=O) groups excluding carboxylic acids is 1. The van der Waals surface area contributed by atoms with Crippen molar-refractivity contribution in [2.45, 2.75) is 52.1 Å². The molecule has 1 aliphatic rings. The first-order valence-corrected chi connectivity index (χ1v) is 8.02. The Balaban J connectivity index is 1.61. The Bertz CT molecular complexity index is 425. The second kappa shape index (κ2) is 8.13. The molecule has 1 fully saturated rings.